The summed E-state index contributed by atoms with van der Waals surface area (Å²) >= 11 is 0. The van der Waals surface area contributed by atoms with E-state index in [4.69, 9.17) is 0 Å². The van der Waals surface area contributed by atoms with E-state index in [2.05, 4.69) is 64.1 Å². The summed E-state index contributed by atoms with van der Waals surface area (Å²) in [6.45, 7) is 9.24. The van der Waals surface area contributed by atoms with Crippen LogP contribution >= 0.6 is 0 Å². The zero-order valence-corrected chi connectivity index (χ0v) is 21.5. The molecule has 0 aliphatic heterocycles. The molecule has 0 heterocycles. The van der Waals surface area contributed by atoms with Crippen LogP contribution in [0.5, 0.6) is 0 Å². The van der Waals surface area contributed by atoms with E-state index in [1.165, 1.54) is 105 Å². The van der Waals surface area contributed by atoms with E-state index in [0.717, 1.165) is 24.7 Å². The fraction of sp³-hybridized carbons (Fsp3) is 0.625. The largest absolute Gasteiger partial charge is 0.0654 e. The molecule has 1 aliphatic rings. The van der Waals surface area contributed by atoms with Crippen molar-refractivity contribution in [1.29, 1.82) is 0 Å². The predicted molar refractivity (Wildman–Crippen MR) is 142 cm³/mol. The summed E-state index contributed by atoms with van der Waals surface area (Å²) in [6.07, 6.45) is 18.9. The maximum atomic E-state index is 2.48. The number of benzene rings is 2. The average Bonchev–Trinajstić information content (AvgIpc) is 2.80. The van der Waals surface area contributed by atoms with Gasteiger partial charge < -0.3 is 0 Å². The van der Waals surface area contributed by atoms with Crippen molar-refractivity contribution in [2.75, 3.05) is 0 Å². The zero-order valence-electron chi connectivity index (χ0n) is 21.5. The van der Waals surface area contributed by atoms with Gasteiger partial charge in [0.2, 0.25) is 0 Å². The fourth-order valence-electron chi connectivity index (χ4n) is 5.85. The molecule has 1 aliphatic carbocycles. The molecule has 1 fully saturated rings. The van der Waals surface area contributed by atoms with Gasteiger partial charge in [-0.15, -0.1) is 0 Å². The number of hydrogen-bond donors (Lipinski definition) is 0. The van der Waals surface area contributed by atoms with E-state index in [9.17, 15) is 0 Å². The van der Waals surface area contributed by atoms with E-state index in [1.807, 2.05) is 0 Å². The Morgan fingerprint density at radius 3 is 2.00 bits per heavy atom. The summed E-state index contributed by atoms with van der Waals surface area (Å²) in [5.74, 6) is 1.80. The smallest absolute Gasteiger partial charge is 0.0159 e. The molecule has 176 valence electrons. The molecule has 0 unspecified atom stereocenters. The van der Waals surface area contributed by atoms with Crippen molar-refractivity contribution in [3.05, 3.63) is 69.8 Å². The normalized spacial score (nSPS) is 18.8. The Morgan fingerprint density at radius 2 is 1.31 bits per heavy atom. The van der Waals surface area contributed by atoms with Crippen LogP contribution in [0.4, 0.5) is 0 Å². The van der Waals surface area contributed by atoms with Crippen LogP contribution in [0.3, 0.4) is 0 Å². The molecule has 32 heavy (non-hydrogen) atoms. The molecule has 3 rings (SSSR count). The first kappa shape index (κ1) is 25.1. The van der Waals surface area contributed by atoms with E-state index < -0.39 is 0 Å². The second-order valence-electron chi connectivity index (χ2n) is 10.6. The van der Waals surface area contributed by atoms with Crippen molar-refractivity contribution in [2.45, 2.75) is 124 Å². The molecule has 0 amide bonds. The molecule has 0 saturated heterocycles. The lowest BCUT2D eigenvalue weighted by molar-refractivity contribution is 0.302. The van der Waals surface area contributed by atoms with E-state index in [-0.39, 0.29) is 0 Å². The molecule has 0 spiro atoms. The highest BCUT2D eigenvalue weighted by molar-refractivity contribution is 5.36. The molecule has 0 nitrogen and oxygen atoms in total. The highest BCUT2D eigenvalue weighted by atomic mass is 14.3. The van der Waals surface area contributed by atoms with Crippen molar-refractivity contribution >= 4 is 0 Å². The van der Waals surface area contributed by atoms with Crippen molar-refractivity contribution < 1.29 is 0 Å². The molecule has 0 heteroatoms. The van der Waals surface area contributed by atoms with Crippen molar-refractivity contribution in [3.63, 3.8) is 0 Å². The molecule has 1 saturated carbocycles. The van der Waals surface area contributed by atoms with Crippen LogP contribution in [0.25, 0.3) is 0 Å². The minimum atomic E-state index is 0.800. The monoisotopic (exact) mass is 432 g/mol. The Bertz CT molecular complexity index is 807. The van der Waals surface area contributed by atoms with Crippen LogP contribution in [0, 0.1) is 19.8 Å². The minimum absolute atomic E-state index is 0.800. The molecular weight excluding hydrogens is 384 g/mol. The van der Waals surface area contributed by atoms with Gasteiger partial charge in [-0.2, -0.15) is 0 Å². The lowest BCUT2D eigenvalue weighted by Crippen LogP contribution is -2.14. The second-order valence-corrected chi connectivity index (χ2v) is 10.6. The van der Waals surface area contributed by atoms with Crippen LogP contribution in [0.2, 0.25) is 0 Å². The highest BCUT2D eigenvalue weighted by Crippen LogP contribution is 2.39. The molecule has 0 atom stereocenters. The van der Waals surface area contributed by atoms with Crippen LogP contribution in [-0.4, -0.2) is 0 Å². The van der Waals surface area contributed by atoms with Gasteiger partial charge in [0.25, 0.3) is 0 Å². The Morgan fingerprint density at radius 1 is 0.656 bits per heavy atom. The standard InChI is InChI=1S/C32H48/c1-5-7-9-11-27-13-20-31(21-14-27)32-22-17-29(24-26(32)4)16-19-30-18-15-28(23-25(30)3)12-10-8-6-2/h15,17-18,22-24,27,31H,5-14,16,19-21H2,1-4H3. The van der Waals surface area contributed by atoms with Crippen LogP contribution in [0.1, 0.15) is 124 Å². The first-order chi connectivity index (χ1) is 15.6. The molecular formula is C32H48. The first-order valence-electron chi connectivity index (χ1n) is 13.8. The molecule has 2 aromatic carbocycles. The van der Waals surface area contributed by atoms with Gasteiger partial charge in [0.1, 0.15) is 0 Å². The van der Waals surface area contributed by atoms with Gasteiger partial charge in [-0.3, -0.25) is 0 Å². The summed E-state index contributed by atoms with van der Waals surface area (Å²) in [4.78, 5) is 0. The predicted octanol–water partition coefficient (Wildman–Crippen LogP) is 9.68. The third-order valence-corrected chi connectivity index (χ3v) is 8.00. The number of unbranched alkanes of at least 4 members (excludes halogenated alkanes) is 4. The molecule has 2 aromatic rings. The maximum Gasteiger partial charge on any atom is -0.0159 e. The van der Waals surface area contributed by atoms with Crippen molar-refractivity contribution in [2.24, 2.45) is 5.92 Å². The third kappa shape index (κ3) is 7.50. The Hall–Kier alpha value is -1.56. The molecule has 0 aromatic heterocycles. The quantitative estimate of drug-likeness (QED) is 0.293. The summed E-state index contributed by atoms with van der Waals surface area (Å²) < 4.78 is 0. The number of rotatable bonds is 12. The molecule has 0 N–H and O–H groups in total. The highest BCUT2D eigenvalue weighted by Gasteiger charge is 2.23. The van der Waals surface area contributed by atoms with Gasteiger partial charge in [-0.05, 0) is 110 Å². The van der Waals surface area contributed by atoms with E-state index >= 15 is 0 Å². The lowest BCUT2D eigenvalue weighted by Gasteiger charge is -2.30. The number of aryl methyl sites for hydroxylation is 5. The summed E-state index contributed by atoms with van der Waals surface area (Å²) in [5, 5.41) is 0. The van der Waals surface area contributed by atoms with Crippen LogP contribution in [-0.2, 0) is 19.3 Å². The van der Waals surface area contributed by atoms with E-state index in [0.29, 0.717) is 0 Å². The summed E-state index contributed by atoms with van der Waals surface area (Å²) in [7, 11) is 0. The molecule has 0 radical (unpaired) electrons. The molecule has 0 bridgehead atoms. The Labute approximate surface area is 199 Å². The van der Waals surface area contributed by atoms with Crippen LogP contribution in [0.15, 0.2) is 36.4 Å². The van der Waals surface area contributed by atoms with Gasteiger partial charge in [0.05, 0.1) is 0 Å². The van der Waals surface area contributed by atoms with Gasteiger partial charge in [-0.1, -0.05) is 88.8 Å². The fourth-order valence-corrected chi connectivity index (χ4v) is 5.85. The van der Waals surface area contributed by atoms with Gasteiger partial charge in [-0.25, -0.2) is 0 Å². The summed E-state index contributed by atoms with van der Waals surface area (Å²) in [5.41, 5.74) is 9.18. The van der Waals surface area contributed by atoms with Crippen molar-refractivity contribution in [3.8, 4) is 0 Å². The van der Waals surface area contributed by atoms with Crippen LogP contribution < -0.4 is 0 Å². The Balaban J connectivity index is 1.50. The summed E-state index contributed by atoms with van der Waals surface area (Å²) in [6, 6.07) is 14.6. The topological polar surface area (TPSA) is 0 Å². The van der Waals surface area contributed by atoms with Gasteiger partial charge in [0, 0.05) is 0 Å². The average molecular weight is 433 g/mol. The Kier molecular flexibility index (Phi) is 10.4. The number of hydrogen-bond acceptors (Lipinski definition) is 0. The third-order valence-electron chi connectivity index (χ3n) is 8.00. The minimum Gasteiger partial charge on any atom is -0.0654 e. The zero-order chi connectivity index (χ0) is 22.8. The lowest BCUT2D eigenvalue weighted by atomic mass is 9.76. The SMILES string of the molecule is CCCCCc1ccc(CCc2ccc(C3CCC(CCCCC)CC3)c(C)c2)c(C)c1. The first-order valence-corrected chi connectivity index (χ1v) is 13.8. The van der Waals surface area contributed by atoms with E-state index in [1.54, 1.807) is 5.56 Å². The van der Waals surface area contributed by atoms with Crippen molar-refractivity contribution in [1.82, 2.24) is 0 Å². The second kappa shape index (κ2) is 13.2. The van der Waals surface area contributed by atoms with Gasteiger partial charge >= 0.3 is 0 Å². The maximum absolute atomic E-state index is 2.48. The van der Waals surface area contributed by atoms with Gasteiger partial charge in [0.15, 0.2) is 0 Å².